The lowest BCUT2D eigenvalue weighted by Crippen LogP contribution is -1.99. The van der Waals surface area contributed by atoms with Crippen LogP contribution in [0.15, 0.2) is 51.2 Å². The zero-order chi connectivity index (χ0) is 14.8. The molecule has 0 radical (unpaired) electrons. The molecule has 0 N–H and O–H groups in total. The van der Waals surface area contributed by atoms with Gasteiger partial charge in [0.1, 0.15) is 0 Å². The maximum absolute atomic E-state index is 11.9. The Hall–Kier alpha value is -1.24. The Morgan fingerprint density at radius 3 is 2.40 bits per heavy atom. The first kappa shape index (κ1) is 15.2. The summed E-state index contributed by atoms with van der Waals surface area (Å²) in [7, 11) is -3.23. The molecule has 0 aliphatic rings. The van der Waals surface area contributed by atoms with Crippen LogP contribution in [0.2, 0.25) is 0 Å². The van der Waals surface area contributed by atoms with Gasteiger partial charge >= 0.3 is 0 Å². The van der Waals surface area contributed by atoms with Crippen LogP contribution >= 0.6 is 27.3 Å². The zero-order valence-corrected chi connectivity index (χ0v) is 13.8. The predicted octanol–water partition coefficient (Wildman–Crippen LogP) is 3.81. The highest BCUT2D eigenvalue weighted by atomic mass is 79.9. The minimum atomic E-state index is -3.23. The lowest BCUT2D eigenvalue weighted by Gasteiger charge is -1.99. The average Bonchev–Trinajstić information content (AvgIpc) is 2.81. The molecule has 0 unspecified atom stereocenters. The molecule has 0 saturated carbocycles. The third-order valence-electron chi connectivity index (χ3n) is 2.55. The molecule has 0 fully saturated rings. The van der Waals surface area contributed by atoms with Gasteiger partial charge in [0.05, 0.1) is 4.90 Å². The van der Waals surface area contributed by atoms with Crippen molar-refractivity contribution in [2.24, 2.45) is 0 Å². The normalized spacial score (nSPS) is 11.9. The highest BCUT2D eigenvalue weighted by Gasteiger charge is 2.08. The number of hydrogen-bond acceptors (Lipinski definition) is 4. The van der Waals surface area contributed by atoms with Gasteiger partial charge in [-0.3, -0.25) is 4.79 Å². The first-order valence-corrected chi connectivity index (χ1v) is 9.19. The molecule has 3 nitrogen and oxygen atoms in total. The molecule has 1 heterocycles. The van der Waals surface area contributed by atoms with Crippen LogP contribution in [-0.4, -0.2) is 20.5 Å². The van der Waals surface area contributed by atoms with Gasteiger partial charge in [0.2, 0.25) is 0 Å². The Morgan fingerprint density at radius 1 is 1.25 bits per heavy atom. The van der Waals surface area contributed by atoms with Gasteiger partial charge in [0.15, 0.2) is 15.6 Å². The number of carbonyl (C=O) groups is 1. The predicted molar refractivity (Wildman–Crippen MR) is 84.9 cm³/mol. The molecular formula is C14H11BrO3S2. The van der Waals surface area contributed by atoms with Crippen molar-refractivity contribution in [1.29, 1.82) is 0 Å². The van der Waals surface area contributed by atoms with E-state index in [4.69, 9.17) is 0 Å². The Labute approximate surface area is 130 Å². The van der Waals surface area contributed by atoms with E-state index in [1.807, 2.05) is 11.4 Å². The van der Waals surface area contributed by atoms with Gasteiger partial charge < -0.3 is 0 Å². The van der Waals surface area contributed by atoms with Crippen molar-refractivity contribution in [3.63, 3.8) is 0 Å². The van der Waals surface area contributed by atoms with Gasteiger partial charge in [-0.1, -0.05) is 0 Å². The van der Waals surface area contributed by atoms with E-state index in [0.717, 1.165) is 15.6 Å². The topological polar surface area (TPSA) is 51.2 Å². The van der Waals surface area contributed by atoms with Crippen LogP contribution in [0.5, 0.6) is 0 Å². The summed E-state index contributed by atoms with van der Waals surface area (Å²) in [4.78, 5) is 13.1. The molecule has 6 heteroatoms. The fourth-order valence-electron chi connectivity index (χ4n) is 1.54. The fraction of sp³-hybridized carbons (Fsp3) is 0.0714. The van der Waals surface area contributed by atoms with Crippen molar-refractivity contribution >= 4 is 49.0 Å². The summed E-state index contributed by atoms with van der Waals surface area (Å²) < 4.78 is 23.6. The second kappa shape index (κ2) is 6.03. The first-order chi connectivity index (χ1) is 9.36. The molecule has 0 atom stereocenters. The molecule has 0 aliphatic heterocycles. The fourth-order valence-corrected chi connectivity index (χ4v) is 3.50. The van der Waals surface area contributed by atoms with Crippen molar-refractivity contribution in [3.05, 3.63) is 56.7 Å². The summed E-state index contributed by atoms with van der Waals surface area (Å²) in [5.41, 5.74) is 0.462. The van der Waals surface area contributed by atoms with Crippen molar-refractivity contribution < 1.29 is 13.2 Å². The molecule has 1 aromatic heterocycles. The van der Waals surface area contributed by atoms with Crippen molar-refractivity contribution in [2.75, 3.05) is 6.26 Å². The molecule has 2 rings (SSSR count). The Balaban J connectivity index is 2.16. The van der Waals surface area contributed by atoms with Gasteiger partial charge in [-0.05, 0) is 58.4 Å². The average molecular weight is 371 g/mol. The summed E-state index contributed by atoms with van der Waals surface area (Å²) in [6.07, 6.45) is 4.36. The summed E-state index contributed by atoms with van der Waals surface area (Å²) in [6.45, 7) is 0. The quantitative estimate of drug-likeness (QED) is 0.607. The Bertz CT molecular complexity index is 756. The number of rotatable bonds is 4. The largest absolute Gasteiger partial charge is 0.289 e. The number of halogens is 1. The SMILES string of the molecule is CS(=O)(=O)c1ccc(C(=O)/C=C/c2cc(Br)cs2)cc1. The van der Waals surface area contributed by atoms with Crippen molar-refractivity contribution in [1.82, 2.24) is 0 Å². The van der Waals surface area contributed by atoms with Crippen LogP contribution in [0, 0.1) is 0 Å². The molecule has 2 aromatic rings. The van der Waals surface area contributed by atoms with Crippen LogP contribution in [0.25, 0.3) is 6.08 Å². The van der Waals surface area contributed by atoms with Gasteiger partial charge in [-0.25, -0.2) is 8.42 Å². The van der Waals surface area contributed by atoms with E-state index in [0.29, 0.717) is 5.56 Å². The first-order valence-electron chi connectivity index (χ1n) is 5.63. The highest BCUT2D eigenvalue weighted by Crippen LogP contribution is 2.21. The van der Waals surface area contributed by atoms with Gasteiger partial charge in [-0.2, -0.15) is 0 Å². The Morgan fingerprint density at radius 2 is 1.90 bits per heavy atom. The van der Waals surface area contributed by atoms with E-state index >= 15 is 0 Å². The number of ketones is 1. The number of thiophene rings is 1. The van der Waals surface area contributed by atoms with E-state index < -0.39 is 9.84 Å². The van der Waals surface area contributed by atoms with Gasteiger partial charge in [-0.15, -0.1) is 11.3 Å². The number of carbonyl (C=O) groups excluding carboxylic acids is 1. The molecular weight excluding hydrogens is 360 g/mol. The molecule has 104 valence electrons. The number of sulfone groups is 1. The molecule has 1 aromatic carbocycles. The van der Waals surface area contributed by atoms with Crippen LogP contribution in [0.1, 0.15) is 15.2 Å². The Kier molecular flexibility index (Phi) is 4.57. The van der Waals surface area contributed by atoms with Crippen molar-refractivity contribution in [2.45, 2.75) is 4.90 Å². The molecule has 0 spiro atoms. The minimum absolute atomic E-state index is 0.158. The lowest BCUT2D eigenvalue weighted by atomic mass is 10.1. The van der Waals surface area contributed by atoms with Crippen LogP contribution < -0.4 is 0 Å². The smallest absolute Gasteiger partial charge is 0.185 e. The molecule has 0 bridgehead atoms. The molecule has 20 heavy (non-hydrogen) atoms. The van der Waals surface area contributed by atoms with Crippen molar-refractivity contribution in [3.8, 4) is 0 Å². The highest BCUT2D eigenvalue weighted by molar-refractivity contribution is 9.10. The van der Waals surface area contributed by atoms with E-state index in [1.165, 1.54) is 41.7 Å². The summed E-state index contributed by atoms with van der Waals surface area (Å²) in [5, 5.41) is 1.94. The second-order valence-electron chi connectivity index (χ2n) is 4.16. The van der Waals surface area contributed by atoms with Crippen LogP contribution in [0.3, 0.4) is 0 Å². The minimum Gasteiger partial charge on any atom is -0.289 e. The number of hydrogen-bond donors (Lipinski definition) is 0. The molecule has 0 saturated heterocycles. The standard InChI is InChI=1S/C14H11BrO3S2/c1-20(17,18)13-5-2-10(3-6-13)14(16)7-4-12-8-11(15)9-19-12/h2-9H,1H3/b7-4+. The number of allylic oxidation sites excluding steroid dienone is 1. The second-order valence-corrected chi connectivity index (χ2v) is 8.04. The maximum Gasteiger partial charge on any atom is 0.185 e. The van der Waals surface area contributed by atoms with Gasteiger partial charge in [0.25, 0.3) is 0 Å². The van der Waals surface area contributed by atoms with E-state index in [9.17, 15) is 13.2 Å². The molecule has 0 amide bonds. The van der Waals surface area contributed by atoms with E-state index in [2.05, 4.69) is 15.9 Å². The maximum atomic E-state index is 11.9. The van der Waals surface area contributed by atoms with E-state index in [-0.39, 0.29) is 10.7 Å². The monoisotopic (exact) mass is 370 g/mol. The lowest BCUT2D eigenvalue weighted by molar-refractivity contribution is 0.104. The third kappa shape index (κ3) is 3.88. The summed E-state index contributed by atoms with van der Waals surface area (Å²) >= 11 is 4.87. The summed E-state index contributed by atoms with van der Waals surface area (Å²) in [5.74, 6) is -0.158. The third-order valence-corrected chi connectivity index (χ3v) is 5.34. The van der Waals surface area contributed by atoms with Crippen LogP contribution in [-0.2, 0) is 9.84 Å². The zero-order valence-electron chi connectivity index (χ0n) is 10.5. The van der Waals surface area contributed by atoms with Gasteiger partial charge in [0, 0.05) is 26.5 Å². The summed E-state index contributed by atoms with van der Waals surface area (Å²) in [6, 6.07) is 7.85. The molecule has 0 aliphatic carbocycles. The van der Waals surface area contributed by atoms with Crippen LogP contribution in [0.4, 0.5) is 0 Å². The number of benzene rings is 1. The van der Waals surface area contributed by atoms with E-state index in [1.54, 1.807) is 6.08 Å².